The van der Waals surface area contributed by atoms with Crippen LogP contribution in [-0.4, -0.2) is 16.5 Å². The first-order valence-electron chi connectivity index (χ1n) is 7.44. The zero-order valence-electron chi connectivity index (χ0n) is 12.2. The van der Waals surface area contributed by atoms with Crippen molar-refractivity contribution in [1.82, 2.24) is 15.3 Å². The van der Waals surface area contributed by atoms with Gasteiger partial charge in [0.1, 0.15) is 5.82 Å². The fourth-order valence-electron chi connectivity index (χ4n) is 2.71. The minimum Gasteiger partial charge on any atom is -0.307 e. The maximum atomic E-state index is 4.77. The molecule has 0 aliphatic carbocycles. The molecule has 0 bridgehead atoms. The molecule has 3 heteroatoms. The second kappa shape index (κ2) is 5.71. The number of rotatable bonds is 3. The number of benzene rings is 1. The molecule has 1 aliphatic rings. The van der Waals surface area contributed by atoms with Gasteiger partial charge >= 0.3 is 0 Å². The second-order valence-corrected chi connectivity index (χ2v) is 5.45. The summed E-state index contributed by atoms with van der Waals surface area (Å²) in [5.41, 5.74) is 4.60. The molecule has 3 nitrogen and oxygen atoms in total. The number of hydrogen-bond donors (Lipinski definition) is 1. The van der Waals surface area contributed by atoms with Gasteiger partial charge < -0.3 is 5.32 Å². The van der Waals surface area contributed by atoms with E-state index in [2.05, 4.69) is 47.6 Å². The lowest BCUT2D eigenvalue weighted by molar-refractivity contribution is 0.603. The fourth-order valence-corrected chi connectivity index (χ4v) is 2.71. The van der Waals surface area contributed by atoms with Gasteiger partial charge in [0.05, 0.1) is 11.7 Å². The Bertz CT molecular complexity index is 584. The molecule has 2 heterocycles. The van der Waals surface area contributed by atoms with Crippen LogP contribution >= 0.6 is 0 Å². The summed E-state index contributed by atoms with van der Waals surface area (Å²) in [7, 11) is 0. The van der Waals surface area contributed by atoms with Gasteiger partial charge in [-0.25, -0.2) is 9.97 Å². The zero-order valence-corrected chi connectivity index (χ0v) is 12.2. The van der Waals surface area contributed by atoms with Crippen LogP contribution in [0.3, 0.4) is 0 Å². The molecule has 1 atom stereocenters. The first-order valence-corrected chi connectivity index (χ1v) is 7.44. The third kappa shape index (κ3) is 2.73. The molecular weight excluding hydrogens is 246 g/mol. The lowest BCUT2D eigenvalue weighted by Crippen LogP contribution is -2.16. The first kappa shape index (κ1) is 13.3. The fraction of sp³-hybridized carbons (Fsp3) is 0.412. The highest BCUT2D eigenvalue weighted by atomic mass is 15.0. The summed E-state index contributed by atoms with van der Waals surface area (Å²) in [6.07, 6.45) is 3.42. The summed E-state index contributed by atoms with van der Waals surface area (Å²) < 4.78 is 0. The van der Waals surface area contributed by atoms with Crippen molar-refractivity contribution in [3.8, 4) is 11.3 Å². The van der Waals surface area contributed by atoms with Crippen molar-refractivity contribution in [3.05, 3.63) is 47.4 Å². The summed E-state index contributed by atoms with van der Waals surface area (Å²) >= 11 is 0. The van der Waals surface area contributed by atoms with Crippen molar-refractivity contribution in [2.45, 2.75) is 39.2 Å². The quantitative estimate of drug-likeness (QED) is 0.925. The summed E-state index contributed by atoms with van der Waals surface area (Å²) in [6, 6.07) is 11.1. The molecule has 104 valence electrons. The highest BCUT2D eigenvalue weighted by molar-refractivity contribution is 5.59. The van der Waals surface area contributed by atoms with E-state index >= 15 is 0 Å². The van der Waals surface area contributed by atoms with Crippen LogP contribution in [0.1, 0.15) is 42.9 Å². The van der Waals surface area contributed by atoms with Gasteiger partial charge in [-0.05, 0) is 44.4 Å². The van der Waals surface area contributed by atoms with E-state index in [-0.39, 0.29) is 0 Å². The van der Waals surface area contributed by atoms with Crippen LogP contribution in [0, 0.1) is 6.92 Å². The van der Waals surface area contributed by atoms with Crippen LogP contribution in [0.2, 0.25) is 0 Å². The van der Waals surface area contributed by atoms with Crippen molar-refractivity contribution < 1.29 is 0 Å². The van der Waals surface area contributed by atoms with E-state index in [0.717, 1.165) is 36.6 Å². The number of hydrogen-bond acceptors (Lipinski definition) is 3. The van der Waals surface area contributed by atoms with Crippen LogP contribution in [0.25, 0.3) is 11.3 Å². The third-order valence-electron chi connectivity index (χ3n) is 3.90. The normalized spacial score (nSPS) is 18.4. The topological polar surface area (TPSA) is 37.8 Å². The van der Waals surface area contributed by atoms with Crippen molar-refractivity contribution in [1.29, 1.82) is 0 Å². The van der Waals surface area contributed by atoms with Crippen LogP contribution < -0.4 is 5.32 Å². The lowest BCUT2D eigenvalue weighted by Gasteiger charge is -2.11. The van der Waals surface area contributed by atoms with E-state index in [0.29, 0.717) is 6.04 Å². The van der Waals surface area contributed by atoms with Crippen molar-refractivity contribution in [3.63, 3.8) is 0 Å². The molecule has 0 saturated carbocycles. The van der Waals surface area contributed by atoms with Crippen LogP contribution in [0.15, 0.2) is 30.3 Å². The van der Waals surface area contributed by atoms with Gasteiger partial charge in [0.25, 0.3) is 0 Å². The highest BCUT2D eigenvalue weighted by Crippen LogP contribution is 2.24. The third-order valence-corrected chi connectivity index (χ3v) is 3.90. The molecule has 0 amide bonds. The maximum absolute atomic E-state index is 4.77. The van der Waals surface area contributed by atoms with Gasteiger partial charge in [0, 0.05) is 11.3 Å². The average Bonchev–Trinajstić information content (AvgIpc) is 3.01. The van der Waals surface area contributed by atoms with Gasteiger partial charge in [0.2, 0.25) is 0 Å². The molecular formula is C17H21N3. The SMILES string of the molecule is CCc1ccc(-c2cc(C)nc(C3CCCN3)n2)cc1. The summed E-state index contributed by atoms with van der Waals surface area (Å²) in [6.45, 7) is 5.29. The number of nitrogens with zero attached hydrogens (tertiary/aromatic N) is 2. The van der Waals surface area contributed by atoms with Gasteiger partial charge in [-0.3, -0.25) is 0 Å². The van der Waals surface area contributed by atoms with Crippen LogP contribution in [0.5, 0.6) is 0 Å². The minimum absolute atomic E-state index is 0.323. The van der Waals surface area contributed by atoms with Crippen molar-refractivity contribution in [2.24, 2.45) is 0 Å². The number of nitrogens with one attached hydrogen (secondary N) is 1. The van der Waals surface area contributed by atoms with Crippen molar-refractivity contribution >= 4 is 0 Å². The molecule has 1 aromatic carbocycles. The molecule has 1 aliphatic heterocycles. The first-order chi connectivity index (χ1) is 9.76. The molecule has 1 saturated heterocycles. The number of aromatic nitrogens is 2. The van der Waals surface area contributed by atoms with E-state index in [1.807, 2.05) is 6.92 Å². The largest absolute Gasteiger partial charge is 0.307 e. The molecule has 0 spiro atoms. The van der Waals surface area contributed by atoms with E-state index in [9.17, 15) is 0 Å². The van der Waals surface area contributed by atoms with Crippen molar-refractivity contribution in [2.75, 3.05) is 6.54 Å². The van der Waals surface area contributed by atoms with Gasteiger partial charge in [-0.15, -0.1) is 0 Å². The van der Waals surface area contributed by atoms with Gasteiger partial charge in [-0.1, -0.05) is 31.2 Å². The average molecular weight is 267 g/mol. The van der Waals surface area contributed by atoms with Gasteiger partial charge in [0.15, 0.2) is 0 Å². The Balaban J connectivity index is 1.95. The Kier molecular flexibility index (Phi) is 3.79. The molecule has 1 unspecified atom stereocenters. The Labute approximate surface area is 120 Å². The summed E-state index contributed by atoms with van der Waals surface area (Å²) in [4.78, 5) is 9.37. The molecule has 0 radical (unpaired) electrons. The zero-order chi connectivity index (χ0) is 13.9. The lowest BCUT2D eigenvalue weighted by atomic mass is 10.1. The predicted octanol–water partition coefficient (Wildman–Crippen LogP) is 3.44. The maximum Gasteiger partial charge on any atom is 0.146 e. The molecule has 20 heavy (non-hydrogen) atoms. The Morgan fingerprint density at radius 3 is 2.65 bits per heavy atom. The smallest absolute Gasteiger partial charge is 0.146 e. The van der Waals surface area contributed by atoms with Gasteiger partial charge in [-0.2, -0.15) is 0 Å². The van der Waals surface area contributed by atoms with E-state index < -0.39 is 0 Å². The van der Waals surface area contributed by atoms with Crippen LogP contribution in [0.4, 0.5) is 0 Å². The Morgan fingerprint density at radius 2 is 2.00 bits per heavy atom. The molecule has 1 N–H and O–H groups in total. The van der Waals surface area contributed by atoms with E-state index in [4.69, 9.17) is 4.98 Å². The molecule has 1 fully saturated rings. The molecule has 1 aromatic heterocycles. The van der Waals surface area contributed by atoms with Crippen LogP contribution in [-0.2, 0) is 6.42 Å². The Morgan fingerprint density at radius 1 is 1.20 bits per heavy atom. The monoisotopic (exact) mass is 267 g/mol. The standard InChI is InChI=1S/C17H21N3/c1-3-13-6-8-14(9-7-13)16-11-12(2)19-17(20-16)15-5-4-10-18-15/h6-9,11,15,18H,3-5,10H2,1-2H3. The Hall–Kier alpha value is -1.74. The predicted molar refractivity (Wildman–Crippen MR) is 81.6 cm³/mol. The number of aryl methyl sites for hydroxylation is 2. The summed E-state index contributed by atoms with van der Waals surface area (Å²) in [5.74, 6) is 0.942. The second-order valence-electron chi connectivity index (χ2n) is 5.45. The minimum atomic E-state index is 0.323. The summed E-state index contributed by atoms with van der Waals surface area (Å²) in [5, 5.41) is 3.47. The molecule has 3 rings (SSSR count). The highest BCUT2D eigenvalue weighted by Gasteiger charge is 2.19. The van der Waals surface area contributed by atoms with E-state index in [1.54, 1.807) is 0 Å². The molecule has 2 aromatic rings. The van der Waals surface area contributed by atoms with E-state index in [1.165, 1.54) is 17.5 Å².